The number of nitrogens with one attached hydrogen (secondary N) is 1. The van der Waals surface area contributed by atoms with Gasteiger partial charge >= 0.3 is 18.2 Å². The fourth-order valence-corrected chi connectivity index (χ4v) is 5.01. The number of hydrogen-bond donors (Lipinski definition) is 4. The van der Waals surface area contributed by atoms with Crippen molar-refractivity contribution in [2.24, 2.45) is 5.73 Å². The van der Waals surface area contributed by atoms with Crippen molar-refractivity contribution in [2.45, 2.75) is 43.9 Å². The molecule has 0 radical (unpaired) electrons. The number of likely N-dealkylation sites (tertiary alicyclic amines) is 1. The summed E-state index contributed by atoms with van der Waals surface area (Å²) in [4.78, 5) is 50.7. The minimum Gasteiger partial charge on any atom is -0.475 e. The summed E-state index contributed by atoms with van der Waals surface area (Å²) in [6.45, 7) is 1.57. The molecule has 3 amide bonds. The number of alkyl halides is 3. The fraction of sp³-hybridized carbons (Fsp3) is 0.385. The molecule has 15 heteroatoms. The van der Waals surface area contributed by atoms with Gasteiger partial charge in [-0.1, -0.05) is 41.4 Å². The van der Waals surface area contributed by atoms with Crippen LogP contribution in [-0.4, -0.2) is 76.5 Å². The van der Waals surface area contributed by atoms with Crippen molar-refractivity contribution < 1.29 is 37.5 Å². The van der Waals surface area contributed by atoms with Crippen LogP contribution in [0.3, 0.4) is 0 Å². The second-order valence-electron chi connectivity index (χ2n) is 9.48. The number of anilines is 2. The predicted molar refractivity (Wildman–Crippen MR) is 147 cm³/mol. The molecule has 1 saturated heterocycles. The molecule has 1 fully saturated rings. The summed E-state index contributed by atoms with van der Waals surface area (Å²) in [6, 6.07) is 9.61. The van der Waals surface area contributed by atoms with Gasteiger partial charge in [0.15, 0.2) is 5.78 Å². The maximum Gasteiger partial charge on any atom is 0.490 e. The number of urea groups is 1. The third kappa shape index (κ3) is 8.24. The van der Waals surface area contributed by atoms with Gasteiger partial charge in [-0.25, -0.2) is 9.59 Å². The number of para-hydroxylation sites is 1. The third-order valence-electron chi connectivity index (χ3n) is 6.72. The SMILES string of the molecule is Nc1c(Cl)cc(C(=O)C[C@@H](N)C(=O)N2CCC(N3CCc4ccccc4NC3=O)CC2)cc1Cl.O=C(O)C(F)(F)F. The first-order chi connectivity index (χ1) is 19.2. The molecule has 0 spiro atoms. The van der Waals surface area contributed by atoms with E-state index in [9.17, 15) is 27.6 Å². The largest absolute Gasteiger partial charge is 0.490 e. The van der Waals surface area contributed by atoms with Crippen LogP contribution in [0.4, 0.5) is 29.3 Å². The lowest BCUT2D eigenvalue weighted by Crippen LogP contribution is -2.53. The molecule has 0 aromatic heterocycles. The van der Waals surface area contributed by atoms with E-state index in [0.717, 1.165) is 17.7 Å². The third-order valence-corrected chi connectivity index (χ3v) is 7.35. The number of halogens is 5. The monoisotopic (exact) mass is 617 g/mol. The average molecular weight is 618 g/mol. The highest BCUT2D eigenvalue weighted by atomic mass is 35.5. The normalized spacial score (nSPS) is 16.5. The molecule has 0 aliphatic carbocycles. The van der Waals surface area contributed by atoms with Gasteiger partial charge in [0, 0.05) is 43.3 Å². The maximum absolute atomic E-state index is 12.9. The Hall–Kier alpha value is -3.55. The molecular weight excluding hydrogens is 590 g/mol. The Bertz CT molecular complexity index is 1300. The maximum atomic E-state index is 12.9. The Balaban J connectivity index is 0.000000587. The number of amides is 3. The minimum atomic E-state index is -5.08. The summed E-state index contributed by atoms with van der Waals surface area (Å²) in [5, 5.41) is 10.5. The summed E-state index contributed by atoms with van der Waals surface area (Å²) < 4.78 is 31.7. The van der Waals surface area contributed by atoms with Crippen LogP contribution in [0.5, 0.6) is 0 Å². The van der Waals surface area contributed by atoms with Crippen molar-refractivity contribution in [3.63, 3.8) is 0 Å². The number of carbonyl (C=O) groups excluding carboxylic acids is 3. The summed E-state index contributed by atoms with van der Waals surface area (Å²) >= 11 is 12.0. The molecule has 10 nitrogen and oxygen atoms in total. The van der Waals surface area contributed by atoms with Gasteiger partial charge in [-0.3, -0.25) is 9.59 Å². The summed E-state index contributed by atoms with van der Waals surface area (Å²) in [5.74, 6) is -3.37. The second-order valence-corrected chi connectivity index (χ2v) is 10.3. The van der Waals surface area contributed by atoms with Gasteiger partial charge < -0.3 is 31.7 Å². The number of aliphatic carboxylic acids is 1. The number of hydrogen-bond acceptors (Lipinski definition) is 6. The Morgan fingerprint density at radius 3 is 2.20 bits per heavy atom. The van der Waals surface area contributed by atoms with E-state index in [2.05, 4.69) is 5.32 Å². The van der Waals surface area contributed by atoms with Crippen molar-refractivity contribution in [3.8, 4) is 0 Å². The second kappa shape index (κ2) is 13.4. The zero-order valence-corrected chi connectivity index (χ0v) is 23.1. The Kier molecular flexibility index (Phi) is 10.5. The number of nitrogen functional groups attached to an aromatic ring is 1. The number of benzene rings is 2. The number of carbonyl (C=O) groups is 4. The molecule has 1 atom stereocenters. The van der Waals surface area contributed by atoms with Crippen LogP contribution in [0.1, 0.15) is 35.2 Å². The van der Waals surface area contributed by atoms with Crippen molar-refractivity contribution in [1.29, 1.82) is 0 Å². The van der Waals surface area contributed by atoms with E-state index in [0.29, 0.717) is 32.5 Å². The summed E-state index contributed by atoms with van der Waals surface area (Å²) in [5.41, 5.74) is 14.2. The number of ketones is 1. The highest BCUT2D eigenvalue weighted by Crippen LogP contribution is 2.30. The average Bonchev–Trinajstić information content (AvgIpc) is 3.08. The molecule has 6 N–H and O–H groups in total. The number of piperidine rings is 1. The molecule has 2 aromatic carbocycles. The highest BCUT2D eigenvalue weighted by Gasteiger charge is 2.38. The summed E-state index contributed by atoms with van der Waals surface area (Å²) in [6.07, 6.45) is -3.17. The van der Waals surface area contributed by atoms with Crippen LogP contribution in [0.2, 0.25) is 10.0 Å². The number of nitrogens with two attached hydrogens (primary N) is 2. The van der Waals surface area contributed by atoms with E-state index in [4.69, 9.17) is 44.6 Å². The van der Waals surface area contributed by atoms with Gasteiger partial charge in [0.2, 0.25) is 5.91 Å². The molecule has 2 heterocycles. The number of nitrogens with zero attached hydrogens (tertiary/aromatic N) is 2. The topological polar surface area (TPSA) is 159 Å². The zero-order valence-electron chi connectivity index (χ0n) is 21.6. The molecule has 222 valence electrons. The van der Waals surface area contributed by atoms with Crippen molar-refractivity contribution in [1.82, 2.24) is 9.80 Å². The lowest BCUT2D eigenvalue weighted by Gasteiger charge is -2.38. The molecule has 2 aliphatic rings. The number of carboxylic acids is 1. The Morgan fingerprint density at radius 1 is 1.07 bits per heavy atom. The first-order valence-corrected chi connectivity index (χ1v) is 13.2. The Morgan fingerprint density at radius 2 is 1.63 bits per heavy atom. The van der Waals surface area contributed by atoms with Crippen molar-refractivity contribution in [2.75, 3.05) is 30.7 Å². The van der Waals surface area contributed by atoms with Gasteiger partial charge in [-0.2, -0.15) is 13.2 Å². The molecule has 41 heavy (non-hydrogen) atoms. The molecule has 2 aromatic rings. The molecule has 4 rings (SSSR count). The molecule has 0 saturated carbocycles. The van der Waals surface area contributed by atoms with Crippen LogP contribution < -0.4 is 16.8 Å². The number of fused-ring (bicyclic) bond motifs is 1. The van der Waals surface area contributed by atoms with Crippen LogP contribution in [0.25, 0.3) is 0 Å². The van der Waals surface area contributed by atoms with E-state index in [-0.39, 0.29) is 51.5 Å². The van der Waals surface area contributed by atoms with Gasteiger partial charge in [-0.05, 0) is 43.0 Å². The minimum absolute atomic E-state index is 0.0373. The molecule has 2 aliphatic heterocycles. The first-order valence-electron chi connectivity index (χ1n) is 12.5. The van der Waals surface area contributed by atoms with E-state index in [1.807, 2.05) is 29.2 Å². The van der Waals surface area contributed by atoms with Gasteiger partial charge in [0.05, 0.1) is 21.8 Å². The van der Waals surface area contributed by atoms with E-state index >= 15 is 0 Å². The summed E-state index contributed by atoms with van der Waals surface area (Å²) in [7, 11) is 0. The van der Waals surface area contributed by atoms with E-state index < -0.39 is 18.2 Å². The quantitative estimate of drug-likeness (QED) is 0.289. The van der Waals surface area contributed by atoms with E-state index in [1.165, 1.54) is 12.1 Å². The van der Waals surface area contributed by atoms with Crippen LogP contribution in [0, 0.1) is 0 Å². The lowest BCUT2D eigenvalue weighted by molar-refractivity contribution is -0.192. The Labute approximate surface area is 243 Å². The lowest BCUT2D eigenvalue weighted by atomic mass is 9.99. The van der Waals surface area contributed by atoms with Crippen LogP contribution >= 0.6 is 23.2 Å². The van der Waals surface area contributed by atoms with Gasteiger partial charge in [-0.15, -0.1) is 0 Å². The van der Waals surface area contributed by atoms with Crippen molar-refractivity contribution in [3.05, 3.63) is 57.6 Å². The number of rotatable bonds is 5. The van der Waals surface area contributed by atoms with E-state index in [1.54, 1.807) is 4.90 Å². The highest BCUT2D eigenvalue weighted by molar-refractivity contribution is 6.39. The number of carboxylic acid groups (broad SMARTS) is 1. The number of Topliss-reactive ketones (excluding diaryl/α,β-unsaturated/α-hetero) is 1. The molecule has 0 unspecified atom stereocenters. The fourth-order valence-electron chi connectivity index (χ4n) is 4.52. The van der Waals surface area contributed by atoms with Gasteiger partial charge in [0.25, 0.3) is 0 Å². The standard InChI is InChI=1S/C24H27Cl2N5O3.C2HF3O2/c25-17-11-15(12-18(26)22(17)28)21(32)13-19(27)23(33)30-8-6-16(7-9-30)31-10-5-14-3-1-2-4-20(14)29-24(31)34;3-2(4,5)1(6)7/h1-4,11-12,16,19H,5-10,13,27-28H2,(H,29,34);(H,6,7)/t19-;/m1./s1. The predicted octanol–water partition coefficient (Wildman–Crippen LogP) is 4.19. The van der Waals surface area contributed by atoms with Crippen LogP contribution in [-0.2, 0) is 16.0 Å². The smallest absolute Gasteiger partial charge is 0.475 e. The zero-order chi connectivity index (χ0) is 30.5. The first kappa shape index (κ1) is 32.0. The van der Waals surface area contributed by atoms with Gasteiger partial charge in [0.1, 0.15) is 0 Å². The molecular formula is C26H28Cl2F3N5O5. The van der Waals surface area contributed by atoms with Crippen molar-refractivity contribution >= 4 is 58.3 Å². The molecule has 0 bridgehead atoms. The van der Waals surface area contributed by atoms with Crippen LogP contribution in [0.15, 0.2) is 36.4 Å².